The number of nitrogens with one attached hydrogen (secondary N) is 3. The molecule has 19 nitrogen and oxygen atoms in total. The van der Waals surface area contributed by atoms with Crippen molar-refractivity contribution in [3.05, 3.63) is 213 Å². The van der Waals surface area contributed by atoms with E-state index in [2.05, 4.69) is 27.7 Å². The van der Waals surface area contributed by atoms with Gasteiger partial charge < -0.3 is 59.9 Å². The minimum atomic E-state index is -1.49. The number of ketones is 1. The van der Waals surface area contributed by atoms with Crippen molar-refractivity contribution in [3.8, 4) is 11.5 Å². The van der Waals surface area contributed by atoms with Gasteiger partial charge in [-0.05, 0) is 180 Å². The van der Waals surface area contributed by atoms with Crippen molar-refractivity contribution in [2.75, 3.05) is 60.1 Å². The zero-order valence-corrected chi connectivity index (χ0v) is 58.5. The number of benzene rings is 6. The van der Waals surface area contributed by atoms with E-state index < -0.39 is 71.1 Å². The van der Waals surface area contributed by atoms with Crippen LogP contribution in [-0.2, 0) is 35.5 Å². The summed E-state index contributed by atoms with van der Waals surface area (Å²) in [5.74, 6) is -4.27. The molecule has 534 valence electrons. The molecule has 0 aliphatic carbocycles. The summed E-state index contributed by atoms with van der Waals surface area (Å²) in [5.41, 5.74) is 2.73. The van der Waals surface area contributed by atoms with Crippen LogP contribution in [0, 0.1) is 23.3 Å². The molecule has 0 heterocycles. The summed E-state index contributed by atoms with van der Waals surface area (Å²) >= 11 is 0. The summed E-state index contributed by atoms with van der Waals surface area (Å²) in [5, 5.41) is 35.8. The van der Waals surface area contributed by atoms with E-state index in [-0.39, 0.29) is 90.1 Å². The number of methoxy groups -OCH3 is 2. The first kappa shape index (κ1) is 80.2. The van der Waals surface area contributed by atoms with Gasteiger partial charge in [0.05, 0.1) is 50.8 Å². The molecule has 0 aliphatic rings. The molecule has 0 radical (unpaired) electrons. The molecular weight excluding hydrogens is 1280 g/mol. The van der Waals surface area contributed by atoms with Crippen molar-refractivity contribution in [2.24, 2.45) is 5.16 Å². The summed E-state index contributed by atoms with van der Waals surface area (Å²) in [6.07, 6.45) is 0.814. The number of Topliss-reactive ketones (excluding diaryl/α,β-unsaturated/α-hetero) is 1. The fraction of sp³-hybridized carbons (Fsp3) is 0.408. The van der Waals surface area contributed by atoms with Gasteiger partial charge in [-0.3, -0.25) is 24.0 Å². The number of ether oxygens (including phenoxy) is 3. The third-order valence-electron chi connectivity index (χ3n) is 15.4. The molecule has 4 atom stereocenters. The lowest BCUT2D eigenvalue weighted by Crippen LogP contribution is -2.51. The minimum Gasteiger partial charge on any atom is -0.497 e. The maximum atomic E-state index is 14.3. The SMILES string of the molecule is C=CCO/N=C(\C)c1cc(C(=O)N[C@@H](Cc2cc(F)cc(F)c2)[C@H](O)CNCc2cccc(OC)c2)cc(C(=O)N(CCC)CCC)c1.CCCN(CCC)C(=O)c1cc(C(C)=O)cc(C(=O)N[C@@H](Cc2cc(F)cc(F)c2)[C@H](O)CN(Cc2cccc(OC)c2)C(=O)OC(C)(C)C)c1. The molecule has 0 aliphatic heterocycles. The monoisotopic (exact) mass is 1370 g/mol. The number of aliphatic hydroxyl groups is 2. The highest BCUT2D eigenvalue weighted by Crippen LogP contribution is 2.23. The average Bonchev–Trinajstić information content (AvgIpc) is 0.821. The lowest BCUT2D eigenvalue weighted by atomic mass is 9.98. The maximum absolute atomic E-state index is 14.3. The molecule has 0 fully saturated rings. The fourth-order valence-electron chi connectivity index (χ4n) is 10.7. The van der Waals surface area contributed by atoms with Crippen LogP contribution < -0.4 is 25.4 Å². The van der Waals surface area contributed by atoms with Gasteiger partial charge in [0, 0.05) is 91.3 Å². The van der Waals surface area contributed by atoms with Crippen molar-refractivity contribution in [3.63, 3.8) is 0 Å². The van der Waals surface area contributed by atoms with E-state index in [1.165, 1.54) is 43.2 Å². The van der Waals surface area contributed by atoms with Crippen molar-refractivity contribution in [1.29, 1.82) is 0 Å². The lowest BCUT2D eigenvalue weighted by Gasteiger charge is -2.32. The topological polar surface area (TPSA) is 238 Å². The summed E-state index contributed by atoms with van der Waals surface area (Å²) in [6.45, 7) is 21.9. The number of carbonyl (C=O) groups is 6. The molecule has 5 amide bonds. The number of halogens is 4. The van der Waals surface area contributed by atoms with E-state index in [1.807, 2.05) is 52.0 Å². The predicted molar refractivity (Wildman–Crippen MR) is 373 cm³/mol. The smallest absolute Gasteiger partial charge is 0.410 e. The zero-order valence-electron chi connectivity index (χ0n) is 58.5. The number of oxime groups is 1. The molecule has 99 heavy (non-hydrogen) atoms. The van der Waals surface area contributed by atoms with Crippen molar-refractivity contribution in [2.45, 2.75) is 144 Å². The molecule has 23 heteroatoms. The molecule has 6 aromatic rings. The summed E-state index contributed by atoms with van der Waals surface area (Å²) in [7, 11) is 3.08. The van der Waals surface area contributed by atoms with Gasteiger partial charge >= 0.3 is 6.09 Å². The molecule has 0 unspecified atom stereocenters. The molecule has 0 spiro atoms. The third kappa shape index (κ3) is 26.4. The predicted octanol–water partition coefficient (Wildman–Crippen LogP) is 12.2. The van der Waals surface area contributed by atoms with E-state index in [9.17, 15) is 56.5 Å². The quantitative estimate of drug-likeness (QED) is 0.00622. The van der Waals surface area contributed by atoms with E-state index in [4.69, 9.17) is 19.0 Å². The fourth-order valence-corrected chi connectivity index (χ4v) is 10.7. The van der Waals surface area contributed by atoms with Gasteiger partial charge in [0.1, 0.15) is 47.0 Å². The first-order valence-corrected chi connectivity index (χ1v) is 33.1. The molecule has 0 bridgehead atoms. The van der Waals surface area contributed by atoms with Crippen LogP contribution in [-0.4, -0.2) is 156 Å². The third-order valence-corrected chi connectivity index (χ3v) is 15.4. The van der Waals surface area contributed by atoms with Crippen LogP contribution in [0.1, 0.15) is 168 Å². The van der Waals surface area contributed by atoms with Gasteiger partial charge in [-0.15, -0.1) is 0 Å². The van der Waals surface area contributed by atoms with Crippen LogP contribution in [0.3, 0.4) is 0 Å². The molecule has 5 N–H and O–H groups in total. The molecule has 0 aromatic heterocycles. The number of hydrogen-bond donors (Lipinski definition) is 5. The van der Waals surface area contributed by atoms with E-state index in [0.717, 1.165) is 48.7 Å². The number of aliphatic hydroxyl groups excluding tert-OH is 2. The molecule has 6 aromatic carbocycles. The zero-order chi connectivity index (χ0) is 72.9. The highest BCUT2D eigenvalue weighted by Gasteiger charge is 2.32. The normalized spacial score (nSPS) is 12.5. The highest BCUT2D eigenvalue weighted by molar-refractivity contribution is 6.06. The van der Waals surface area contributed by atoms with Crippen molar-refractivity contribution < 1.29 is 75.6 Å². The van der Waals surface area contributed by atoms with Crippen LogP contribution in [0.25, 0.3) is 0 Å². The Balaban J connectivity index is 0.000000358. The van der Waals surface area contributed by atoms with Crippen LogP contribution in [0.4, 0.5) is 22.4 Å². The van der Waals surface area contributed by atoms with Crippen LogP contribution in [0.15, 0.2) is 139 Å². The number of amides is 5. The van der Waals surface area contributed by atoms with Crippen molar-refractivity contribution in [1.82, 2.24) is 30.7 Å². The van der Waals surface area contributed by atoms with Gasteiger partial charge in [-0.1, -0.05) is 69.8 Å². The second-order valence-corrected chi connectivity index (χ2v) is 25.0. The summed E-state index contributed by atoms with van der Waals surface area (Å²) in [4.78, 5) is 90.7. The van der Waals surface area contributed by atoms with E-state index in [0.29, 0.717) is 85.5 Å². The number of nitrogens with zero attached hydrogens (tertiary/aromatic N) is 4. The highest BCUT2D eigenvalue weighted by atomic mass is 19.1. The van der Waals surface area contributed by atoms with Gasteiger partial charge in [-0.2, -0.15) is 0 Å². The average molecular weight is 1370 g/mol. The van der Waals surface area contributed by atoms with Crippen LogP contribution >= 0.6 is 0 Å². The van der Waals surface area contributed by atoms with Crippen molar-refractivity contribution >= 4 is 41.2 Å². The Morgan fingerprint density at radius 1 is 0.556 bits per heavy atom. The molecule has 0 saturated carbocycles. The Morgan fingerprint density at radius 2 is 0.980 bits per heavy atom. The van der Waals surface area contributed by atoms with Gasteiger partial charge in [0.2, 0.25) is 0 Å². The molecule has 0 saturated heterocycles. The maximum Gasteiger partial charge on any atom is 0.410 e. The minimum absolute atomic E-state index is 0.00339. The van der Waals surface area contributed by atoms with Crippen LogP contribution in [0.2, 0.25) is 0 Å². The van der Waals surface area contributed by atoms with E-state index in [1.54, 1.807) is 87.1 Å². The Kier molecular flexibility index (Phi) is 32.3. The summed E-state index contributed by atoms with van der Waals surface area (Å²) in [6, 6.07) is 27.1. The Hall–Kier alpha value is -9.45. The van der Waals surface area contributed by atoms with E-state index >= 15 is 0 Å². The second-order valence-electron chi connectivity index (χ2n) is 25.0. The van der Waals surface area contributed by atoms with Crippen LogP contribution in [0.5, 0.6) is 11.5 Å². The number of rotatable bonds is 35. The standard InChI is InChI=1S/C39H49F2N3O7.C37H46F2N4O5/c1-8-13-43(14-9-2)37(48)30-20-28(25(3)45)19-29(21-30)36(47)42-34(18-27-15-31(40)22-32(41)16-27)35(46)24-44(38(49)51-39(4,5)6)23-26-11-10-12-33(17-26)50-7;1-6-12-43(13-7-2)37(46)30-20-28(25(4)42-48-14-8-3)19-29(21-30)36(45)41-34(18-27-15-31(38)22-32(39)16-27)35(44)24-40-23-26-10-9-11-33(17-26)47-5/h10-12,15-17,19-22,34-35,46H,8-9,13-14,18,23-24H2,1-7H3,(H,42,47);8-11,15-17,19-22,34-35,40,44H,3,6-7,12-14,18,23-24H2,1-2,4-5H3,(H,41,45)/b;42-25+/t2*34-,35+/m00/s1. The number of carbonyl (C=O) groups excluding carboxylic acids is 6. The number of hydrogen-bond acceptors (Lipinski definition) is 14. The first-order valence-electron chi connectivity index (χ1n) is 33.1. The lowest BCUT2D eigenvalue weighted by molar-refractivity contribution is 0.00834. The second kappa shape index (κ2) is 39.8. The Labute approximate surface area is 578 Å². The van der Waals surface area contributed by atoms with Gasteiger partial charge in [-0.25, -0.2) is 22.4 Å². The largest absolute Gasteiger partial charge is 0.497 e. The molecular formula is C76H95F4N7O12. The Bertz CT molecular complexity index is 3680. The molecule has 6 rings (SSSR count). The van der Waals surface area contributed by atoms with Gasteiger partial charge in [0.15, 0.2) is 5.78 Å². The summed E-state index contributed by atoms with van der Waals surface area (Å²) < 4.78 is 73.0. The Morgan fingerprint density at radius 3 is 1.42 bits per heavy atom. The van der Waals surface area contributed by atoms with Gasteiger partial charge in [0.25, 0.3) is 23.6 Å². The first-order chi connectivity index (χ1) is 47.1.